The normalized spacial score (nSPS) is 14.6. The maximum absolute atomic E-state index is 12.6. The lowest BCUT2D eigenvalue weighted by molar-refractivity contribution is -0.129. The molecule has 31 heavy (non-hydrogen) atoms. The van der Waals surface area contributed by atoms with Crippen molar-refractivity contribution in [3.05, 3.63) is 70.9 Å². The van der Waals surface area contributed by atoms with E-state index in [2.05, 4.69) is 32.6 Å². The highest BCUT2D eigenvalue weighted by Gasteiger charge is 2.26. The molecule has 4 rings (SSSR count). The van der Waals surface area contributed by atoms with Gasteiger partial charge < -0.3 is 14.2 Å². The van der Waals surface area contributed by atoms with E-state index in [1.165, 1.54) is 11.4 Å². The van der Waals surface area contributed by atoms with Crippen LogP contribution in [0, 0.1) is 0 Å². The molecule has 0 radical (unpaired) electrons. The first-order chi connectivity index (χ1) is 15.3. The van der Waals surface area contributed by atoms with Crippen LogP contribution in [-0.4, -0.2) is 51.6 Å². The Bertz CT molecular complexity index is 919. The Morgan fingerprint density at radius 2 is 2.03 bits per heavy atom. The molecule has 2 aromatic heterocycles. The lowest BCUT2D eigenvalue weighted by Crippen LogP contribution is -2.39. The third-order valence-corrected chi connectivity index (χ3v) is 7.29. The van der Waals surface area contributed by atoms with E-state index in [1.807, 2.05) is 41.4 Å². The number of hydrogen-bond acceptors (Lipinski definition) is 5. The second-order valence-electron chi connectivity index (χ2n) is 7.73. The van der Waals surface area contributed by atoms with E-state index in [0.29, 0.717) is 18.3 Å². The summed E-state index contributed by atoms with van der Waals surface area (Å²) < 4.78 is 7.98. The molecule has 1 aliphatic rings. The second-order valence-corrected chi connectivity index (χ2v) is 9.61. The summed E-state index contributed by atoms with van der Waals surface area (Å²) in [5.74, 6) is 4.08. The van der Waals surface area contributed by atoms with E-state index in [4.69, 9.17) is 4.74 Å². The fourth-order valence-corrected chi connectivity index (χ4v) is 5.33. The molecule has 1 saturated heterocycles. The van der Waals surface area contributed by atoms with Gasteiger partial charge in [0.2, 0.25) is 5.91 Å². The largest absolute Gasteiger partial charge is 0.493 e. The van der Waals surface area contributed by atoms with Gasteiger partial charge in [0.05, 0.1) is 12.4 Å². The summed E-state index contributed by atoms with van der Waals surface area (Å²) in [6.45, 7) is 3.23. The molecule has 0 aliphatic carbocycles. The van der Waals surface area contributed by atoms with Crippen molar-refractivity contribution in [2.75, 3.05) is 31.2 Å². The first-order valence-electron chi connectivity index (χ1n) is 10.8. The van der Waals surface area contributed by atoms with E-state index in [-0.39, 0.29) is 5.91 Å². The number of carbonyl (C=O) groups excluding carboxylic acids is 1. The van der Waals surface area contributed by atoms with Crippen molar-refractivity contribution in [3.63, 3.8) is 0 Å². The van der Waals surface area contributed by atoms with Crippen LogP contribution in [0.4, 0.5) is 0 Å². The zero-order valence-electron chi connectivity index (χ0n) is 17.7. The van der Waals surface area contributed by atoms with Crippen LogP contribution in [0.15, 0.2) is 59.6 Å². The number of rotatable bonds is 10. The van der Waals surface area contributed by atoms with Crippen molar-refractivity contribution < 1.29 is 9.53 Å². The smallest absolute Gasteiger partial charge is 0.232 e. The average Bonchev–Trinajstić information content (AvgIpc) is 3.50. The molecule has 0 unspecified atom stereocenters. The van der Waals surface area contributed by atoms with Crippen LogP contribution in [0.3, 0.4) is 0 Å². The van der Waals surface area contributed by atoms with E-state index in [0.717, 1.165) is 50.4 Å². The number of piperidine rings is 1. The third-order valence-electron chi connectivity index (χ3n) is 5.65. The van der Waals surface area contributed by atoms with Crippen molar-refractivity contribution >= 4 is 29.0 Å². The zero-order valence-corrected chi connectivity index (χ0v) is 19.3. The van der Waals surface area contributed by atoms with Crippen molar-refractivity contribution in [2.24, 2.45) is 0 Å². The number of aryl methyl sites for hydroxylation is 2. The maximum Gasteiger partial charge on any atom is 0.232 e. The summed E-state index contributed by atoms with van der Waals surface area (Å²) in [5.41, 5.74) is 1.39. The highest BCUT2D eigenvalue weighted by molar-refractivity contribution is 7.99. The topological polar surface area (TPSA) is 47.4 Å². The molecular formula is C24H29N3O2S2. The number of imidazole rings is 1. The van der Waals surface area contributed by atoms with Gasteiger partial charge in [-0.3, -0.25) is 4.79 Å². The van der Waals surface area contributed by atoms with Gasteiger partial charge in [0, 0.05) is 43.7 Å². The molecule has 0 N–H and O–H groups in total. The number of hydrogen-bond donors (Lipinski definition) is 0. The van der Waals surface area contributed by atoms with Crippen LogP contribution < -0.4 is 4.74 Å². The molecule has 3 heterocycles. The second kappa shape index (κ2) is 11.4. The number of carbonyl (C=O) groups is 1. The zero-order chi connectivity index (χ0) is 21.3. The molecule has 3 aromatic rings. The van der Waals surface area contributed by atoms with Crippen LogP contribution in [0.25, 0.3) is 0 Å². The van der Waals surface area contributed by atoms with Gasteiger partial charge in [-0.2, -0.15) is 11.3 Å². The molecular weight excluding hydrogens is 426 g/mol. The quantitative estimate of drug-likeness (QED) is 0.416. The molecule has 5 nitrogen and oxygen atoms in total. The SMILES string of the molecule is O=C(CSCCOc1ccccc1)N1CCC(c2nccn2CCc2ccsc2)CC1. The summed E-state index contributed by atoms with van der Waals surface area (Å²) in [5, 5.41) is 4.35. The highest BCUT2D eigenvalue weighted by Crippen LogP contribution is 2.27. The van der Waals surface area contributed by atoms with Gasteiger partial charge in [-0.05, 0) is 53.8 Å². The fraction of sp³-hybridized carbons (Fsp3) is 0.417. The Kier molecular flexibility index (Phi) is 8.07. The number of benzene rings is 1. The Morgan fingerprint density at radius 1 is 1.19 bits per heavy atom. The number of ether oxygens (including phenoxy) is 1. The van der Waals surface area contributed by atoms with Crippen molar-refractivity contribution in [1.29, 1.82) is 0 Å². The minimum absolute atomic E-state index is 0.240. The monoisotopic (exact) mass is 455 g/mol. The summed E-state index contributed by atoms with van der Waals surface area (Å²) in [4.78, 5) is 19.2. The van der Waals surface area contributed by atoms with E-state index in [1.54, 1.807) is 23.1 Å². The van der Waals surface area contributed by atoms with Gasteiger partial charge in [-0.25, -0.2) is 4.98 Å². The summed E-state index contributed by atoms with van der Waals surface area (Å²) >= 11 is 3.40. The van der Waals surface area contributed by atoms with Crippen molar-refractivity contribution in [3.8, 4) is 5.75 Å². The Balaban J connectivity index is 1.16. The molecule has 164 valence electrons. The Hall–Kier alpha value is -2.25. The minimum Gasteiger partial charge on any atom is -0.493 e. The van der Waals surface area contributed by atoms with Gasteiger partial charge in [0.1, 0.15) is 11.6 Å². The maximum atomic E-state index is 12.6. The summed E-state index contributed by atoms with van der Waals surface area (Å²) in [7, 11) is 0. The Morgan fingerprint density at radius 3 is 2.81 bits per heavy atom. The standard InChI is InChI=1S/C24H29N3O2S2/c28-23(19-31-17-15-29-22-4-2-1-3-5-22)26-12-7-21(8-13-26)24-25-10-14-27(24)11-6-20-9-16-30-18-20/h1-5,9-10,14,16,18,21H,6-8,11-13,15,17,19H2. The van der Waals surface area contributed by atoms with Gasteiger partial charge >= 0.3 is 0 Å². The van der Waals surface area contributed by atoms with Crippen LogP contribution in [0.5, 0.6) is 5.75 Å². The lowest BCUT2D eigenvalue weighted by Gasteiger charge is -2.32. The predicted molar refractivity (Wildman–Crippen MR) is 128 cm³/mol. The molecule has 0 spiro atoms. The number of nitrogens with zero attached hydrogens (tertiary/aromatic N) is 3. The van der Waals surface area contributed by atoms with E-state index in [9.17, 15) is 4.79 Å². The molecule has 0 bridgehead atoms. The molecule has 1 aromatic carbocycles. The number of para-hydroxylation sites is 1. The Labute approximate surface area is 192 Å². The molecule has 0 saturated carbocycles. The summed E-state index contributed by atoms with van der Waals surface area (Å²) in [6, 6.07) is 12.0. The first-order valence-corrected chi connectivity index (χ1v) is 12.9. The molecule has 1 amide bonds. The van der Waals surface area contributed by atoms with E-state index < -0.39 is 0 Å². The molecule has 7 heteroatoms. The first kappa shape index (κ1) is 22.0. The lowest BCUT2D eigenvalue weighted by atomic mass is 9.96. The number of amides is 1. The van der Waals surface area contributed by atoms with Crippen LogP contribution in [-0.2, 0) is 17.8 Å². The van der Waals surface area contributed by atoms with Crippen LogP contribution in [0.2, 0.25) is 0 Å². The van der Waals surface area contributed by atoms with Gasteiger partial charge in [-0.1, -0.05) is 18.2 Å². The predicted octanol–water partition coefficient (Wildman–Crippen LogP) is 4.71. The van der Waals surface area contributed by atoms with Crippen LogP contribution in [0.1, 0.15) is 30.1 Å². The van der Waals surface area contributed by atoms with Crippen molar-refractivity contribution in [2.45, 2.75) is 31.7 Å². The fourth-order valence-electron chi connectivity index (χ4n) is 3.93. The third kappa shape index (κ3) is 6.37. The van der Waals surface area contributed by atoms with Crippen LogP contribution >= 0.6 is 23.1 Å². The number of thiophene rings is 1. The van der Waals surface area contributed by atoms with Gasteiger partial charge in [-0.15, -0.1) is 11.8 Å². The van der Waals surface area contributed by atoms with E-state index >= 15 is 0 Å². The van der Waals surface area contributed by atoms with Crippen molar-refractivity contribution in [1.82, 2.24) is 14.5 Å². The molecule has 1 fully saturated rings. The average molecular weight is 456 g/mol. The minimum atomic E-state index is 0.240. The molecule has 0 atom stereocenters. The number of aromatic nitrogens is 2. The van der Waals surface area contributed by atoms with Gasteiger partial charge in [0.25, 0.3) is 0 Å². The number of thioether (sulfide) groups is 1. The summed E-state index contributed by atoms with van der Waals surface area (Å²) in [6.07, 6.45) is 7.02. The number of likely N-dealkylation sites (tertiary alicyclic amines) is 1. The van der Waals surface area contributed by atoms with Gasteiger partial charge in [0.15, 0.2) is 0 Å². The highest BCUT2D eigenvalue weighted by atomic mass is 32.2. The molecule has 1 aliphatic heterocycles.